The lowest BCUT2D eigenvalue weighted by Gasteiger charge is -2.15. The lowest BCUT2D eigenvalue weighted by Crippen LogP contribution is -2.42. The summed E-state index contributed by atoms with van der Waals surface area (Å²) >= 11 is 0.566. The molecule has 0 radical (unpaired) electrons. The number of nitrogens with one attached hydrogen (secondary N) is 1. The first-order valence-electron chi connectivity index (χ1n) is 7.07. The van der Waals surface area contributed by atoms with Crippen LogP contribution in [-0.2, 0) is 20.5 Å². The molecule has 138 valence electrons. The molecular formula is C15H16F3NO5S. The number of amides is 1. The number of rotatable bonds is 6. The van der Waals surface area contributed by atoms with Gasteiger partial charge >= 0.3 is 12.1 Å². The molecule has 1 aromatic carbocycles. The maximum atomic E-state index is 12.5. The van der Waals surface area contributed by atoms with Crippen LogP contribution < -0.4 is 5.32 Å². The van der Waals surface area contributed by atoms with Crippen molar-refractivity contribution in [1.82, 2.24) is 5.32 Å². The number of hydrogen-bond donors (Lipinski definition) is 2. The normalized spacial score (nSPS) is 12.4. The summed E-state index contributed by atoms with van der Waals surface area (Å²) in [7, 11) is 0. The quantitative estimate of drug-likeness (QED) is 0.737. The zero-order valence-electron chi connectivity index (χ0n) is 13.3. The van der Waals surface area contributed by atoms with Crippen molar-refractivity contribution < 1.29 is 37.4 Å². The van der Waals surface area contributed by atoms with E-state index in [1.807, 2.05) is 0 Å². The van der Waals surface area contributed by atoms with Crippen molar-refractivity contribution in [3.63, 3.8) is 0 Å². The van der Waals surface area contributed by atoms with E-state index in [1.165, 1.54) is 6.92 Å². The molecule has 0 spiro atoms. The van der Waals surface area contributed by atoms with Gasteiger partial charge in [0.25, 0.3) is 0 Å². The van der Waals surface area contributed by atoms with E-state index in [0.717, 1.165) is 6.07 Å². The van der Waals surface area contributed by atoms with Gasteiger partial charge in [-0.2, -0.15) is 13.2 Å². The van der Waals surface area contributed by atoms with Crippen LogP contribution >= 0.6 is 11.8 Å². The predicted octanol–water partition coefficient (Wildman–Crippen LogP) is 2.35. The molecule has 2 N–H and O–H groups in total. The maximum absolute atomic E-state index is 12.5. The van der Waals surface area contributed by atoms with Gasteiger partial charge in [-0.25, -0.2) is 4.79 Å². The Morgan fingerprint density at radius 1 is 1.32 bits per heavy atom. The number of phenolic OH excluding ortho intramolecular Hbond substituents is 1. The number of carbonyl (C=O) groups excluding carboxylic acids is 3. The van der Waals surface area contributed by atoms with Crippen molar-refractivity contribution in [2.75, 3.05) is 12.4 Å². The minimum atomic E-state index is -4.65. The van der Waals surface area contributed by atoms with Crippen molar-refractivity contribution >= 4 is 28.8 Å². The van der Waals surface area contributed by atoms with Crippen molar-refractivity contribution in [3.8, 4) is 5.75 Å². The van der Waals surface area contributed by atoms with Gasteiger partial charge in [-0.1, -0.05) is 11.8 Å². The molecule has 0 heterocycles. The van der Waals surface area contributed by atoms with Crippen LogP contribution in [0.5, 0.6) is 5.75 Å². The third-order valence-electron chi connectivity index (χ3n) is 2.87. The average molecular weight is 379 g/mol. The summed E-state index contributed by atoms with van der Waals surface area (Å²) in [5.74, 6) is -2.27. The van der Waals surface area contributed by atoms with Crippen molar-refractivity contribution in [1.29, 1.82) is 0 Å². The van der Waals surface area contributed by atoms with Crippen molar-refractivity contribution in [2.24, 2.45) is 0 Å². The Balaban J connectivity index is 2.83. The highest BCUT2D eigenvalue weighted by Crippen LogP contribution is 2.33. The molecule has 10 heteroatoms. The Morgan fingerprint density at radius 2 is 1.96 bits per heavy atom. The summed E-state index contributed by atoms with van der Waals surface area (Å²) in [6.07, 6.45) is -4.65. The zero-order chi connectivity index (χ0) is 19.2. The number of phenols is 1. The fourth-order valence-corrected chi connectivity index (χ4v) is 2.64. The first kappa shape index (κ1) is 20.8. The van der Waals surface area contributed by atoms with E-state index >= 15 is 0 Å². The highest BCUT2D eigenvalue weighted by molar-refractivity contribution is 8.14. The second-order valence-electron chi connectivity index (χ2n) is 4.83. The minimum Gasteiger partial charge on any atom is -0.507 e. The third kappa shape index (κ3) is 6.29. The molecule has 0 aliphatic heterocycles. The molecule has 1 amide bonds. The standard InChI is InChI=1S/C15H16F3NO5S/c1-3-24-13(22)11(19-8(2)20)7-25-14(23)10-5-4-9(6-12(10)21)15(16,17)18/h4-6,11,21H,3,7H2,1-2H3,(H,19,20)/t11-/m0/s1. The summed E-state index contributed by atoms with van der Waals surface area (Å²) in [6.45, 7) is 2.83. The maximum Gasteiger partial charge on any atom is 0.416 e. The van der Waals surface area contributed by atoms with Crippen LogP contribution in [0.4, 0.5) is 13.2 Å². The fourth-order valence-electron chi connectivity index (χ4n) is 1.77. The molecule has 0 saturated heterocycles. The first-order valence-corrected chi connectivity index (χ1v) is 8.05. The molecule has 0 bridgehead atoms. The first-order chi connectivity index (χ1) is 11.6. The molecule has 1 rings (SSSR count). The van der Waals surface area contributed by atoms with E-state index in [1.54, 1.807) is 6.92 Å². The molecule has 0 aliphatic rings. The number of alkyl halides is 3. The van der Waals surface area contributed by atoms with Crippen molar-refractivity contribution in [3.05, 3.63) is 29.3 Å². The largest absolute Gasteiger partial charge is 0.507 e. The lowest BCUT2D eigenvalue weighted by molar-refractivity contribution is -0.146. The number of halogens is 3. The second kappa shape index (κ2) is 8.75. The number of ether oxygens (including phenoxy) is 1. The molecular weight excluding hydrogens is 363 g/mol. The molecule has 1 aromatic rings. The Hall–Kier alpha value is -2.23. The number of thioether (sulfide) groups is 1. The molecule has 6 nitrogen and oxygen atoms in total. The summed E-state index contributed by atoms with van der Waals surface area (Å²) in [6, 6.07) is 0.878. The van der Waals surface area contributed by atoms with Crippen LogP contribution in [0, 0.1) is 0 Å². The summed E-state index contributed by atoms with van der Waals surface area (Å²) in [4.78, 5) is 34.9. The van der Waals surface area contributed by atoms with Crippen LogP contribution in [0.25, 0.3) is 0 Å². The molecule has 1 atom stereocenters. The molecule has 0 aliphatic carbocycles. The topological polar surface area (TPSA) is 92.7 Å². The lowest BCUT2D eigenvalue weighted by atomic mass is 10.1. The summed E-state index contributed by atoms with van der Waals surface area (Å²) in [5, 5.41) is 11.2. The van der Waals surface area contributed by atoms with Crippen LogP contribution in [0.2, 0.25) is 0 Å². The molecule has 0 fully saturated rings. The Morgan fingerprint density at radius 3 is 2.44 bits per heavy atom. The van der Waals surface area contributed by atoms with Crippen LogP contribution in [0.3, 0.4) is 0 Å². The van der Waals surface area contributed by atoms with Crippen LogP contribution in [0.15, 0.2) is 18.2 Å². The van der Waals surface area contributed by atoms with Gasteiger partial charge in [0.1, 0.15) is 11.8 Å². The van der Waals surface area contributed by atoms with Crippen LogP contribution in [-0.4, -0.2) is 40.5 Å². The van der Waals surface area contributed by atoms with Gasteiger partial charge in [-0.05, 0) is 25.1 Å². The third-order valence-corrected chi connectivity index (χ3v) is 3.86. The summed E-state index contributed by atoms with van der Waals surface area (Å²) in [5.41, 5.74) is -1.42. The van der Waals surface area contributed by atoms with Gasteiger partial charge in [-0.15, -0.1) is 0 Å². The SMILES string of the molecule is CCOC(=O)[C@H](CSC(=O)c1ccc(C(F)(F)F)cc1O)NC(C)=O. The van der Waals surface area contributed by atoms with Gasteiger partial charge in [0.05, 0.1) is 17.7 Å². The van der Waals surface area contributed by atoms with E-state index in [0.29, 0.717) is 23.9 Å². The van der Waals surface area contributed by atoms with E-state index in [4.69, 9.17) is 4.74 Å². The molecule has 0 unspecified atom stereocenters. The van der Waals surface area contributed by atoms with Crippen molar-refractivity contribution in [2.45, 2.75) is 26.1 Å². The molecule has 25 heavy (non-hydrogen) atoms. The average Bonchev–Trinajstić information content (AvgIpc) is 2.49. The monoisotopic (exact) mass is 379 g/mol. The minimum absolute atomic E-state index is 0.0766. The van der Waals surface area contributed by atoms with Gasteiger partial charge in [0.2, 0.25) is 11.0 Å². The Kier molecular flexibility index (Phi) is 7.28. The second-order valence-corrected chi connectivity index (χ2v) is 5.83. The fraction of sp³-hybridized carbons (Fsp3) is 0.400. The highest BCUT2D eigenvalue weighted by atomic mass is 32.2. The van der Waals surface area contributed by atoms with Gasteiger partial charge in [0, 0.05) is 12.7 Å². The highest BCUT2D eigenvalue weighted by Gasteiger charge is 2.32. The zero-order valence-corrected chi connectivity index (χ0v) is 14.2. The van der Waals surface area contributed by atoms with Gasteiger partial charge in [-0.3, -0.25) is 9.59 Å². The van der Waals surface area contributed by atoms with E-state index in [2.05, 4.69) is 5.32 Å². The van der Waals surface area contributed by atoms with E-state index in [9.17, 15) is 32.7 Å². The number of aromatic hydroxyl groups is 1. The van der Waals surface area contributed by atoms with E-state index < -0.39 is 40.5 Å². The Bertz CT molecular complexity index is 663. The number of esters is 1. The number of benzene rings is 1. The summed E-state index contributed by atoms with van der Waals surface area (Å²) < 4.78 is 42.4. The smallest absolute Gasteiger partial charge is 0.416 e. The van der Waals surface area contributed by atoms with Crippen LogP contribution in [0.1, 0.15) is 29.8 Å². The molecule has 0 saturated carbocycles. The Labute approximate surface area is 145 Å². The predicted molar refractivity (Wildman–Crippen MR) is 84.1 cm³/mol. The number of carbonyl (C=O) groups is 3. The van der Waals surface area contributed by atoms with E-state index in [-0.39, 0.29) is 17.9 Å². The number of hydrogen-bond acceptors (Lipinski definition) is 6. The van der Waals surface area contributed by atoms with Gasteiger partial charge < -0.3 is 15.2 Å². The molecule has 0 aromatic heterocycles. The van der Waals surface area contributed by atoms with Gasteiger partial charge in [0.15, 0.2) is 0 Å².